The van der Waals surface area contributed by atoms with E-state index in [0.717, 1.165) is 11.1 Å². The van der Waals surface area contributed by atoms with Crippen molar-refractivity contribution in [2.45, 2.75) is 6.42 Å². The first-order valence-electron chi connectivity index (χ1n) is 4.43. The van der Waals surface area contributed by atoms with Gasteiger partial charge in [-0.1, -0.05) is 36.4 Å². The minimum Gasteiger partial charge on any atom is -0.396 e. The lowest BCUT2D eigenvalue weighted by Crippen LogP contribution is -1.93. The predicted molar refractivity (Wildman–Crippen MR) is 55.3 cm³/mol. The Morgan fingerprint density at radius 3 is 2.92 bits per heavy atom. The molecule has 1 aromatic carbocycles. The molecule has 0 saturated heterocycles. The summed E-state index contributed by atoms with van der Waals surface area (Å²) in [6.07, 6.45) is 4.61. The molecular weight excluding hydrogens is 162 g/mol. The Bertz CT molecular complexity index is 281. The molecule has 3 N–H and O–H groups in total. The van der Waals surface area contributed by atoms with E-state index in [2.05, 4.69) is 6.07 Å². The maximum Gasteiger partial charge on any atom is 0.0471 e. The number of rotatable bonds is 4. The van der Waals surface area contributed by atoms with Gasteiger partial charge in [-0.05, 0) is 17.5 Å². The fourth-order valence-electron chi connectivity index (χ4n) is 1.19. The first kappa shape index (κ1) is 9.96. The van der Waals surface area contributed by atoms with Crippen LogP contribution in [0, 0.1) is 0 Å². The highest BCUT2D eigenvalue weighted by atomic mass is 16.2. The standard InChI is InChI=1S/C11H15NO/c12-7-2-5-10-3-1-4-11(9-10)6-8-13/h1-5,9,13H,6-8,12H2. The highest BCUT2D eigenvalue weighted by Crippen LogP contribution is 2.07. The molecule has 0 spiro atoms. The van der Waals surface area contributed by atoms with Crippen molar-refractivity contribution in [1.82, 2.24) is 0 Å². The highest BCUT2D eigenvalue weighted by molar-refractivity contribution is 5.50. The summed E-state index contributed by atoms with van der Waals surface area (Å²) >= 11 is 0. The van der Waals surface area contributed by atoms with Gasteiger partial charge in [0, 0.05) is 13.2 Å². The van der Waals surface area contributed by atoms with Crippen LogP contribution < -0.4 is 5.73 Å². The summed E-state index contributed by atoms with van der Waals surface area (Å²) in [4.78, 5) is 0. The molecule has 2 heteroatoms. The molecule has 2 nitrogen and oxygen atoms in total. The van der Waals surface area contributed by atoms with Gasteiger partial charge in [0.15, 0.2) is 0 Å². The van der Waals surface area contributed by atoms with Gasteiger partial charge in [0.2, 0.25) is 0 Å². The molecule has 0 unspecified atom stereocenters. The maximum atomic E-state index is 8.75. The molecular formula is C11H15NO. The van der Waals surface area contributed by atoms with E-state index in [1.54, 1.807) is 0 Å². The summed E-state index contributed by atoms with van der Waals surface area (Å²) in [6, 6.07) is 8.08. The van der Waals surface area contributed by atoms with Crippen molar-refractivity contribution in [2.24, 2.45) is 5.73 Å². The van der Waals surface area contributed by atoms with Gasteiger partial charge in [0.05, 0.1) is 0 Å². The first-order valence-corrected chi connectivity index (χ1v) is 4.43. The molecule has 1 aromatic rings. The Morgan fingerprint density at radius 2 is 2.23 bits per heavy atom. The molecule has 0 saturated carbocycles. The third kappa shape index (κ3) is 3.40. The van der Waals surface area contributed by atoms with Crippen molar-refractivity contribution in [3.63, 3.8) is 0 Å². The Hall–Kier alpha value is -1.12. The third-order valence-corrected chi connectivity index (χ3v) is 1.80. The van der Waals surface area contributed by atoms with E-state index in [4.69, 9.17) is 10.8 Å². The Morgan fingerprint density at radius 1 is 1.38 bits per heavy atom. The van der Waals surface area contributed by atoms with Crippen molar-refractivity contribution in [3.05, 3.63) is 41.5 Å². The van der Waals surface area contributed by atoms with Crippen LogP contribution in [-0.2, 0) is 6.42 Å². The lowest BCUT2D eigenvalue weighted by atomic mass is 10.1. The van der Waals surface area contributed by atoms with E-state index < -0.39 is 0 Å². The molecule has 0 aliphatic carbocycles. The van der Waals surface area contributed by atoms with E-state index in [1.165, 1.54) is 0 Å². The average molecular weight is 177 g/mol. The molecule has 0 aliphatic rings. The second-order valence-corrected chi connectivity index (χ2v) is 2.86. The maximum absolute atomic E-state index is 8.75. The van der Waals surface area contributed by atoms with Crippen molar-refractivity contribution >= 4 is 6.08 Å². The van der Waals surface area contributed by atoms with Gasteiger partial charge in [0.25, 0.3) is 0 Å². The van der Waals surface area contributed by atoms with Gasteiger partial charge in [-0.25, -0.2) is 0 Å². The summed E-state index contributed by atoms with van der Waals surface area (Å²) in [5.41, 5.74) is 7.64. The molecule has 0 atom stereocenters. The molecule has 13 heavy (non-hydrogen) atoms. The lowest BCUT2D eigenvalue weighted by molar-refractivity contribution is 0.299. The van der Waals surface area contributed by atoms with E-state index >= 15 is 0 Å². The number of aliphatic hydroxyl groups is 1. The predicted octanol–water partition coefficient (Wildman–Crippen LogP) is 1.19. The quantitative estimate of drug-likeness (QED) is 0.725. The normalized spacial score (nSPS) is 10.9. The largest absolute Gasteiger partial charge is 0.396 e. The van der Waals surface area contributed by atoms with Gasteiger partial charge in [-0.15, -0.1) is 0 Å². The smallest absolute Gasteiger partial charge is 0.0471 e. The van der Waals surface area contributed by atoms with Crippen LogP contribution in [0.15, 0.2) is 30.3 Å². The van der Waals surface area contributed by atoms with Crippen LogP contribution in [0.2, 0.25) is 0 Å². The second-order valence-electron chi connectivity index (χ2n) is 2.86. The fraction of sp³-hybridized carbons (Fsp3) is 0.273. The molecule has 0 amide bonds. The molecule has 0 bridgehead atoms. The third-order valence-electron chi connectivity index (χ3n) is 1.80. The minimum atomic E-state index is 0.198. The van der Waals surface area contributed by atoms with Crippen molar-refractivity contribution in [1.29, 1.82) is 0 Å². The molecule has 0 radical (unpaired) electrons. The van der Waals surface area contributed by atoms with E-state index in [1.807, 2.05) is 30.4 Å². The highest BCUT2D eigenvalue weighted by Gasteiger charge is 1.91. The van der Waals surface area contributed by atoms with Crippen LogP contribution in [0.4, 0.5) is 0 Å². The summed E-state index contributed by atoms with van der Waals surface area (Å²) in [5, 5.41) is 8.75. The van der Waals surface area contributed by atoms with Gasteiger partial charge in [-0.3, -0.25) is 0 Å². The minimum absolute atomic E-state index is 0.198. The molecule has 0 heterocycles. The average Bonchev–Trinajstić information content (AvgIpc) is 2.16. The Balaban J connectivity index is 2.73. The summed E-state index contributed by atoms with van der Waals surface area (Å²) in [5.74, 6) is 0. The molecule has 0 aliphatic heterocycles. The van der Waals surface area contributed by atoms with Crippen LogP contribution in [-0.4, -0.2) is 18.3 Å². The van der Waals surface area contributed by atoms with Crippen LogP contribution in [0.3, 0.4) is 0 Å². The summed E-state index contributed by atoms with van der Waals surface area (Å²) in [6.45, 7) is 0.758. The Kier molecular flexibility index (Phi) is 4.23. The van der Waals surface area contributed by atoms with E-state index in [9.17, 15) is 0 Å². The molecule has 0 aromatic heterocycles. The number of hydrogen-bond acceptors (Lipinski definition) is 2. The number of nitrogens with two attached hydrogens (primary N) is 1. The summed E-state index contributed by atoms with van der Waals surface area (Å²) < 4.78 is 0. The fourth-order valence-corrected chi connectivity index (χ4v) is 1.19. The van der Waals surface area contributed by atoms with Crippen molar-refractivity contribution in [2.75, 3.05) is 13.2 Å². The lowest BCUT2D eigenvalue weighted by Gasteiger charge is -1.99. The molecule has 1 rings (SSSR count). The number of hydrogen-bond donors (Lipinski definition) is 2. The van der Waals surface area contributed by atoms with Gasteiger partial charge in [0.1, 0.15) is 0 Å². The van der Waals surface area contributed by atoms with Crippen molar-refractivity contribution in [3.8, 4) is 0 Å². The van der Waals surface area contributed by atoms with Crippen LogP contribution in [0.25, 0.3) is 6.08 Å². The summed E-state index contributed by atoms with van der Waals surface area (Å²) in [7, 11) is 0. The topological polar surface area (TPSA) is 46.2 Å². The number of benzene rings is 1. The van der Waals surface area contributed by atoms with E-state index in [-0.39, 0.29) is 6.61 Å². The van der Waals surface area contributed by atoms with Crippen LogP contribution in [0.1, 0.15) is 11.1 Å². The Labute approximate surface area is 78.7 Å². The molecule has 70 valence electrons. The second kappa shape index (κ2) is 5.51. The van der Waals surface area contributed by atoms with E-state index in [0.29, 0.717) is 13.0 Å². The van der Waals surface area contributed by atoms with Crippen LogP contribution >= 0.6 is 0 Å². The van der Waals surface area contributed by atoms with Gasteiger partial charge < -0.3 is 10.8 Å². The zero-order chi connectivity index (χ0) is 9.52. The van der Waals surface area contributed by atoms with Gasteiger partial charge >= 0.3 is 0 Å². The molecule has 0 fully saturated rings. The monoisotopic (exact) mass is 177 g/mol. The van der Waals surface area contributed by atoms with Gasteiger partial charge in [-0.2, -0.15) is 0 Å². The zero-order valence-corrected chi connectivity index (χ0v) is 7.61. The van der Waals surface area contributed by atoms with Crippen molar-refractivity contribution < 1.29 is 5.11 Å². The zero-order valence-electron chi connectivity index (χ0n) is 7.61. The SMILES string of the molecule is NCC=Cc1cccc(CCO)c1. The number of aliphatic hydroxyl groups excluding tert-OH is 1. The first-order chi connectivity index (χ1) is 6.36. The van der Waals surface area contributed by atoms with Crippen LogP contribution in [0.5, 0.6) is 0 Å².